The first-order chi connectivity index (χ1) is 10.3. The zero-order valence-electron chi connectivity index (χ0n) is 13.6. The molecule has 0 spiro atoms. The standard InChI is InChI=1S/C16H26N4S.HI/c1-5-10-18-16(17-6-2)19-12-15(20(7-3)8-4)14-9-11-21-13-14;/h1,9,11,13,15H,6-8,10,12H2,2-4H3,(H2,17,18,19);1H. The van der Waals surface area contributed by atoms with Gasteiger partial charge in [-0.05, 0) is 42.4 Å². The van der Waals surface area contributed by atoms with Gasteiger partial charge in [-0.1, -0.05) is 19.8 Å². The number of terminal acetylenes is 1. The molecule has 1 aromatic rings. The van der Waals surface area contributed by atoms with Crippen molar-refractivity contribution in [3.8, 4) is 12.3 Å². The largest absolute Gasteiger partial charge is 0.357 e. The molecule has 2 N–H and O–H groups in total. The van der Waals surface area contributed by atoms with Crippen LogP contribution < -0.4 is 10.6 Å². The Balaban J connectivity index is 0.00000441. The SMILES string of the molecule is C#CCNC(=NCC(c1ccsc1)N(CC)CC)NCC.I. The summed E-state index contributed by atoms with van der Waals surface area (Å²) in [6, 6.07) is 2.50. The zero-order valence-corrected chi connectivity index (χ0v) is 16.8. The Bertz CT molecular complexity index is 449. The van der Waals surface area contributed by atoms with Crippen molar-refractivity contribution < 1.29 is 0 Å². The van der Waals surface area contributed by atoms with Crippen LogP contribution in [0.4, 0.5) is 0 Å². The molecule has 4 nitrogen and oxygen atoms in total. The summed E-state index contributed by atoms with van der Waals surface area (Å²) in [5, 5.41) is 10.7. The highest BCUT2D eigenvalue weighted by atomic mass is 127. The van der Waals surface area contributed by atoms with Crippen LogP contribution in [0.3, 0.4) is 0 Å². The fourth-order valence-electron chi connectivity index (χ4n) is 2.21. The molecule has 0 saturated carbocycles. The van der Waals surface area contributed by atoms with Crippen LogP contribution in [0.2, 0.25) is 0 Å². The molecule has 0 aliphatic heterocycles. The monoisotopic (exact) mass is 434 g/mol. The summed E-state index contributed by atoms with van der Waals surface area (Å²) >= 11 is 1.73. The molecule has 1 rings (SSSR count). The van der Waals surface area contributed by atoms with Gasteiger partial charge in [-0.3, -0.25) is 9.89 Å². The van der Waals surface area contributed by atoms with Crippen LogP contribution in [0.15, 0.2) is 21.8 Å². The van der Waals surface area contributed by atoms with Crippen LogP contribution in [0.1, 0.15) is 32.4 Å². The molecule has 0 bridgehead atoms. The van der Waals surface area contributed by atoms with Gasteiger partial charge in [-0.2, -0.15) is 11.3 Å². The van der Waals surface area contributed by atoms with Gasteiger partial charge >= 0.3 is 0 Å². The first-order valence-electron chi connectivity index (χ1n) is 7.48. The number of aliphatic imine (C=N–C) groups is 1. The van der Waals surface area contributed by atoms with E-state index in [9.17, 15) is 0 Å². The molecule has 1 heterocycles. The van der Waals surface area contributed by atoms with E-state index in [1.807, 2.05) is 6.92 Å². The number of nitrogens with one attached hydrogen (secondary N) is 2. The van der Waals surface area contributed by atoms with Gasteiger partial charge in [0.05, 0.1) is 19.1 Å². The second-order valence-electron chi connectivity index (χ2n) is 4.57. The van der Waals surface area contributed by atoms with Crippen LogP contribution in [-0.2, 0) is 0 Å². The van der Waals surface area contributed by atoms with E-state index < -0.39 is 0 Å². The predicted molar refractivity (Wildman–Crippen MR) is 108 cm³/mol. The van der Waals surface area contributed by atoms with Crippen LogP contribution >= 0.6 is 35.3 Å². The van der Waals surface area contributed by atoms with Gasteiger partial charge < -0.3 is 10.6 Å². The summed E-state index contributed by atoms with van der Waals surface area (Å²) in [6.45, 7) is 10.5. The highest BCUT2D eigenvalue weighted by molar-refractivity contribution is 14.0. The third-order valence-electron chi connectivity index (χ3n) is 3.31. The van der Waals surface area contributed by atoms with E-state index in [0.717, 1.165) is 32.1 Å². The van der Waals surface area contributed by atoms with Crippen LogP contribution in [0, 0.1) is 12.3 Å². The fourth-order valence-corrected chi connectivity index (χ4v) is 2.92. The zero-order chi connectivity index (χ0) is 15.5. The first kappa shape index (κ1) is 21.2. The molecule has 6 heteroatoms. The summed E-state index contributed by atoms with van der Waals surface area (Å²) in [5.74, 6) is 3.36. The molecule has 0 amide bonds. The molecular weight excluding hydrogens is 407 g/mol. The second kappa shape index (κ2) is 12.7. The summed E-state index contributed by atoms with van der Waals surface area (Å²) < 4.78 is 0. The number of thiophene rings is 1. The Hall–Kier alpha value is -0.780. The van der Waals surface area contributed by atoms with E-state index in [0.29, 0.717) is 12.6 Å². The molecule has 1 atom stereocenters. The molecule has 1 unspecified atom stereocenters. The third-order valence-corrected chi connectivity index (χ3v) is 4.01. The Morgan fingerprint density at radius 1 is 1.36 bits per heavy atom. The molecule has 0 aliphatic carbocycles. The lowest BCUT2D eigenvalue weighted by Gasteiger charge is -2.28. The van der Waals surface area contributed by atoms with E-state index in [1.54, 1.807) is 11.3 Å². The fraction of sp³-hybridized carbons (Fsp3) is 0.562. The van der Waals surface area contributed by atoms with E-state index in [1.165, 1.54) is 5.56 Å². The number of nitrogens with zero attached hydrogens (tertiary/aromatic N) is 2. The molecule has 1 aromatic heterocycles. The molecule has 124 valence electrons. The Morgan fingerprint density at radius 2 is 2.09 bits per heavy atom. The molecule has 0 saturated heterocycles. The minimum absolute atomic E-state index is 0. The Morgan fingerprint density at radius 3 is 2.59 bits per heavy atom. The number of hydrogen-bond acceptors (Lipinski definition) is 3. The molecule has 22 heavy (non-hydrogen) atoms. The predicted octanol–water partition coefficient (Wildman–Crippen LogP) is 2.94. The van der Waals surface area contributed by atoms with Crippen molar-refractivity contribution in [3.63, 3.8) is 0 Å². The van der Waals surface area contributed by atoms with Crippen molar-refractivity contribution in [2.75, 3.05) is 32.7 Å². The molecule has 0 radical (unpaired) electrons. The maximum Gasteiger partial charge on any atom is 0.192 e. The van der Waals surface area contributed by atoms with Crippen molar-refractivity contribution in [2.45, 2.75) is 26.8 Å². The molecular formula is C16H27IN4S. The number of hydrogen-bond donors (Lipinski definition) is 2. The summed E-state index contributed by atoms with van der Waals surface area (Å²) in [5.41, 5.74) is 1.33. The molecule has 0 fully saturated rings. The van der Waals surface area contributed by atoms with E-state index >= 15 is 0 Å². The number of guanidine groups is 1. The van der Waals surface area contributed by atoms with Crippen LogP contribution in [0.25, 0.3) is 0 Å². The van der Waals surface area contributed by atoms with E-state index in [4.69, 9.17) is 6.42 Å². The van der Waals surface area contributed by atoms with Gasteiger partial charge in [-0.25, -0.2) is 0 Å². The summed E-state index contributed by atoms with van der Waals surface area (Å²) in [7, 11) is 0. The van der Waals surface area contributed by atoms with Crippen molar-refractivity contribution >= 4 is 41.3 Å². The third kappa shape index (κ3) is 6.99. The maximum atomic E-state index is 5.30. The summed E-state index contributed by atoms with van der Waals surface area (Å²) in [6.07, 6.45) is 5.30. The lowest BCUT2D eigenvalue weighted by atomic mass is 10.1. The average molecular weight is 434 g/mol. The topological polar surface area (TPSA) is 39.7 Å². The molecule has 0 aliphatic rings. The van der Waals surface area contributed by atoms with Crippen molar-refractivity contribution in [2.24, 2.45) is 4.99 Å². The van der Waals surface area contributed by atoms with Gasteiger partial charge in [0.1, 0.15) is 0 Å². The maximum absolute atomic E-state index is 5.30. The van der Waals surface area contributed by atoms with Crippen LogP contribution in [0.5, 0.6) is 0 Å². The van der Waals surface area contributed by atoms with Crippen molar-refractivity contribution in [1.29, 1.82) is 0 Å². The minimum atomic E-state index is 0. The van der Waals surface area contributed by atoms with Crippen LogP contribution in [-0.4, -0.2) is 43.6 Å². The van der Waals surface area contributed by atoms with Crippen molar-refractivity contribution in [3.05, 3.63) is 22.4 Å². The Labute approximate surface area is 155 Å². The lowest BCUT2D eigenvalue weighted by molar-refractivity contribution is 0.224. The van der Waals surface area contributed by atoms with E-state index in [2.05, 4.69) is 57.1 Å². The van der Waals surface area contributed by atoms with Crippen molar-refractivity contribution in [1.82, 2.24) is 15.5 Å². The van der Waals surface area contributed by atoms with Gasteiger partial charge in [0.2, 0.25) is 0 Å². The highest BCUT2D eigenvalue weighted by Crippen LogP contribution is 2.23. The van der Waals surface area contributed by atoms with Gasteiger partial charge in [0, 0.05) is 6.54 Å². The number of likely N-dealkylation sites (N-methyl/N-ethyl adjacent to an activating group) is 1. The molecule has 0 aromatic carbocycles. The number of rotatable bonds is 8. The quantitative estimate of drug-likeness (QED) is 0.286. The van der Waals surface area contributed by atoms with Gasteiger partial charge in [-0.15, -0.1) is 30.4 Å². The summed E-state index contributed by atoms with van der Waals surface area (Å²) in [4.78, 5) is 7.11. The minimum Gasteiger partial charge on any atom is -0.357 e. The normalized spacial score (nSPS) is 12.4. The second-order valence-corrected chi connectivity index (χ2v) is 5.35. The highest BCUT2D eigenvalue weighted by Gasteiger charge is 2.18. The Kier molecular flexibility index (Phi) is 12.3. The first-order valence-corrected chi connectivity index (χ1v) is 8.42. The van der Waals surface area contributed by atoms with E-state index in [-0.39, 0.29) is 24.0 Å². The number of halogens is 1. The van der Waals surface area contributed by atoms with Gasteiger partial charge in [0.25, 0.3) is 0 Å². The smallest absolute Gasteiger partial charge is 0.192 e. The lowest BCUT2D eigenvalue weighted by Crippen LogP contribution is -2.38. The average Bonchev–Trinajstić information content (AvgIpc) is 3.02. The van der Waals surface area contributed by atoms with Gasteiger partial charge in [0.15, 0.2) is 5.96 Å².